The van der Waals surface area contributed by atoms with Crippen LogP contribution in [0.5, 0.6) is 0 Å². The minimum atomic E-state index is -0.573. The van der Waals surface area contributed by atoms with Crippen molar-refractivity contribution in [1.29, 1.82) is 5.26 Å². The number of aromatic amines is 1. The molecule has 1 amide bonds. The van der Waals surface area contributed by atoms with Crippen LogP contribution in [0, 0.1) is 24.2 Å². The molecule has 0 aliphatic heterocycles. The number of nitriles is 1. The average Bonchev–Trinajstić information content (AvgIpc) is 2.69. The Bertz CT molecular complexity index is 391. The molecule has 5 nitrogen and oxygen atoms in total. The Kier molecular flexibility index (Phi) is 4.52. The van der Waals surface area contributed by atoms with Gasteiger partial charge in [-0.15, -0.1) is 0 Å². The molecular formula is C11H16N4O. The van der Waals surface area contributed by atoms with Crippen molar-refractivity contribution in [2.45, 2.75) is 26.7 Å². The highest BCUT2D eigenvalue weighted by Crippen LogP contribution is 2.05. The summed E-state index contributed by atoms with van der Waals surface area (Å²) in [7, 11) is 0. The number of amides is 1. The van der Waals surface area contributed by atoms with E-state index in [0.717, 1.165) is 18.5 Å². The molecule has 0 saturated heterocycles. The lowest BCUT2D eigenvalue weighted by Gasteiger charge is -2.05. The van der Waals surface area contributed by atoms with Crippen LogP contribution in [-0.4, -0.2) is 22.6 Å². The SMILES string of the molecule is Cc1[nH]ncc1CCCNC(=O)C(C)C#N. The number of H-pyrrole nitrogens is 1. The summed E-state index contributed by atoms with van der Waals surface area (Å²) in [5.41, 5.74) is 2.24. The van der Waals surface area contributed by atoms with E-state index in [-0.39, 0.29) is 5.91 Å². The molecule has 0 radical (unpaired) electrons. The number of hydrogen-bond acceptors (Lipinski definition) is 3. The minimum absolute atomic E-state index is 0.202. The third kappa shape index (κ3) is 3.39. The minimum Gasteiger partial charge on any atom is -0.355 e. The van der Waals surface area contributed by atoms with E-state index in [4.69, 9.17) is 5.26 Å². The molecule has 1 atom stereocenters. The first-order valence-corrected chi connectivity index (χ1v) is 5.31. The van der Waals surface area contributed by atoms with Gasteiger partial charge in [-0.3, -0.25) is 9.89 Å². The summed E-state index contributed by atoms with van der Waals surface area (Å²) in [6, 6.07) is 1.90. The number of carbonyl (C=O) groups excluding carboxylic acids is 1. The summed E-state index contributed by atoms with van der Waals surface area (Å²) in [6.45, 7) is 4.16. The van der Waals surface area contributed by atoms with Gasteiger partial charge in [0.2, 0.25) is 5.91 Å². The second-order valence-electron chi connectivity index (χ2n) is 3.77. The lowest BCUT2D eigenvalue weighted by molar-refractivity contribution is -0.122. The summed E-state index contributed by atoms with van der Waals surface area (Å²) in [4.78, 5) is 11.3. The van der Waals surface area contributed by atoms with Crippen molar-refractivity contribution in [2.75, 3.05) is 6.54 Å². The van der Waals surface area contributed by atoms with Crippen LogP contribution in [0.15, 0.2) is 6.20 Å². The fourth-order valence-electron chi connectivity index (χ4n) is 1.33. The highest BCUT2D eigenvalue weighted by Gasteiger charge is 2.10. The van der Waals surface area contributed by atoms with Gasteiger partial charge in [0.25, 0.3) is 0 Å². The topological polar surface area (TPSA) is 81.6 Å². The average molecular weight is 220 g/mol. The summed E-state index contributed by atoms with van der Waals surface area (Å²) < 4.78 is 0. The van der Waals surface area contributed by atoms with Crippen LogP contribution < -0.4 is 5.32 Å². The molecule has 86 valence electrons. The van der Waals surface area contributed by atoms with E-state index in [2.05, 4.69) is 15.5 Å². The molecule has 1 aromatic rings. The molecule has 16 heavy (non-hydrogen) atoms. The molecule has 1 rings (SSSR count). The van der Waals surface area contributed by atoms with Crippen LogP contribution in [0.25, 0.3) is 0 Å². The highest BCUT2D eigenvalue weighted by atomic mass is 16.1. The first kappa shape index (κ1) is 12.2. The van der Waals surface area contributed by atoms with Crippen LogP contribution in [0.2, 0.25) is 0 Å². The van der Waals surface area contributed by atoms with Crippen molar-refractivity contribution in [1.82, 2.24) is 15.5 Å². The van der Waals surface area contributed by atoms with Crippen LogP contribution in [0.1, 0.15) is 24.6 Å². The Labute approximate surface area is 94.9 Å². The second kappa shape index (κ2) is 5.91. The van der Waals surface area contributed by atoms with Crippen molar-refractivity contribution in [3.05, 3.63) is 17.5 Å². The largest absolute Gasteiger partial charge is 0.355 e. The number of rotatable bonds is 5. The first-order chi connectivity index (χ1) is 7.65. The lowest BCUT2D eigenvalue weighted by atomic mass is 10.1. The quantitative estimate of drug-likeness (QED) is 0.724. The zero-order valence-electron chi connectivity index (χ0n) is 9.58. The predicted octanol–water partition coefficient (Wildman–Crippen LogP) is 0.927. The van der Waals surface area contributed by atoms with E-state index in [1.807, 2.05) is 13.0 Å². The molecule has 0 saturated carbocycles. The molecule has 1 heterocycles. The normalized spacial score (nSPS) is 11.8. The standard InChI is InChI=1S/C11H16N4O/c1-8(6-12)11(16)13-5-3-4-10-7-14-15-9(10)2/h7-8H,3-5H2,1-2H3,(H,13,16)(H,14,15). The molecule has 0 aromatic carbocycles. The zero-order valence-corrected chi connectivity index (χ0v) is 9.58. The van der Waals surface area contributed by atoms with Crippen molar-refractivity contribution in [2.24, 2.45) is 5.92 Å². The van der Waals surface area contributed by atoms with Crippen LogP contribution in [0.3, 0.4) is 0 Å². The van der Waals surface area contributed by atoms with E-state index >= 15 is 0 Å². The number of nitrogens with one attached hydrogen (secondary N) is 2. The summed E-state index contributed by atoms with van der Waals surface area (Å²) in [5, 5.41) is 18.0. The van der Waals surface area contributed by atoms with E-state index in [9.17, 15) is 4.79 Å². The van der Waals surface area contributed by atoms with Gasteiger partial charge in [0.05, 0.1) is 12.3 Å². The Balaban J connectivity index is 2.21. The maximum Gasteiger partial charge on any atom is 0.237 e. The Morgan fingerprint density at radius 2 is 2.50 bits per heavy atom. The third-order valence-corrected chi connectivity index (χ3v) is 2.44. The van der Waals surface area contributed by atoms with Gasteiger partial charge in [-0.1, -0.05) is 0 Å². The van der Waals surface area contributed by atoms with E-state index < -0.39 is 5.92 Å². The molecule has 0 fully saturated rings. The highest BCUT2D eigenvalue weighted by molar-refractivity contribution is 5.80. The van der Waals surface area contributed by atoms with Crippen molar-refractivity contribution >= 4 is 5.91 Å². The number of hydrogen-bond donors (Lipinski definition) is 2. The molecule has 2 N–H and O–H groups in total. The van der Waals surface area contributed by atoms with Gasteiger partial charge in [-0.25, -0.2) is 0 Å². The maximum absolute atomic E-state index is 11.3. The monoisotopic (exact) mass is 220 g/mol. The number of nitrogens with zero attached hydrogens (tertiary/aromatic N) is 2. The zero-order chi connectivity index (χ0) is 12.0. The van der Waals surface area contributed by atoms with E-state index in [1.165, 1.54) is 5.56 Å². The van der Waals surface area contributed by atoms with Gasteiger partial charge in [-0.05, 0) is 32.3 Å². The van der Waals surface area contributed by atoms with Gasteiger partial charge in [-0.2, -0.15) is 10.4 Å². The summed E-state index contributed by atoms with van der Waals surface area (Å²) >= 11 is 0. The Morgan fingerprint density at radius 3 is 3.06 bits per heavy atom. The number of aromatic nitrogens is 2. The van der Waals surface area contributed by atoms with Crippen molar-refractivity contribution in [3.63, 3.8) is 0 Å². The molecule has 1 aromatic heterocycles. The van der Waals surface area contributed by atoms with E-state index in [0.29, 0.717) is 6.54 Å². The first-order valence-electron chi connectivity index (χ1n) is 5.31. The van der Waals surface area contributed by atoms with Gasteiger partial charge in [0, 0.05) is 12.2 Å². The third-order valence-electron chi connectivity index (χ3n) is 2.44. The fraction of sp³-hybridized carbons (Fsp3) is 0.545. The summed E-state index contributed by atoms with van der Waals surface area (Å²) in [5.74, 6) is -0.776. The Hall–Kier alpha value is -1.83. The summed E-state index contributed by atoms with van der Waals surface area (Å²) in [6.07, 6.45) is 3.53. The number of aryl methyl sites for hydroxylation is 2. The number of carbonyl (C=O) groups is 1. The van der Waals surface area contributed by atoms with Gasteiger partial charge < -0.3 is 5.32 Å². The molecule has 5 heteroatoms. The second-order valence-corrected chi connectivity index (χ2v) is 3.77. The van der Waals surface area contributed by atoms with Crippen LogP contribution in [-0.2, 0) is 11.2 Å². The van der Waals surface area contributed by atoms with Crippen molar-refractivity contribution in [3.8, 4) is 6.07 Å². The molecular weight excluding hydrogens is 204 g/mol. The smallest absolute Gasteiger partial charge is 0.237 e. The van der Waals surface area contributed by atoms with Crippen LogP contribution in [0.4, 0.5) is 0 Å². The molecule has 0 bridgehead atoms. The predicted molar refractivity (Wildman–Crippen MR) is 59.4 cm³/mol. The Morgan fingerprint density at radius 1 is 1.75 bits per heavy atom. The van der Waals surface area contributed by atoms with Crippen molar-refractivity contribution < 1.29 is 4.79 Å². The molecule has 0 spiro atoms. The molecule has 0 aliphatic rings. The van der Waals surface area contributed by atoms with Gasteiger partial charge >= 0.3 is 0 Å². The molecule has 0 aliphatic carbocycles. The maximum atomic E-state index is 11.3. The van der Waals surface area contributed by atoms with E-state index in [1.54, 1.807) is 13.1 Å². The fourth-order valence-corrected chi connectivity index (χ4v) is 1.33. The van der Waals surface area contributed by atoms with Gasteiger partial charge in [0.15, 0.2) is 0 Å². The van der Waals surface area contributed by atoms with Gasteiger partial charge in [0.1, 0.15) is 5.92 Å². The van der Waals surface area contributed by atoms with Crippen LogP contribution >= 0.6 is 0 Å². The lowest BCUT2D eigenvalue weighted by Crippen LogP contribution is -2.29. The molecule has 1 unspecified atom stereocenters.